The van der Waals surface area contributed by atoms with Gasteiger partial charge >= 0.3 is 0 Å². The summed E-state index contributed by atoms with van der Waals surface area (Å²) < 4.78 is 24.9. The van der Waals surface area contributed by atoms with Crippen LogP contribution in [0.4, 0.5) is 13.9 Å². The van der Waals surface area contributed by atoms with Gasteiger partial charge in [-0.05, 0) is 25.7 Å². The molecule has 0 amide bonds. The summed E-state index contributed by atoms with van der Waals surface area (Å²) in [5.41, 5.74) is 1.12. The third kappa shape index (κ3) is 6.27. The first-order valence-electron chi connectivity index (χ1n) is 9.81. The summed E-state index contributed by atoms with van der Waals surface area (Å²) in [6.45, 7) is 4.31. The van der Waals surface area contributed by atoms with Gasteiger partial charge in [-0.2, -0.15) is 0 Å². The van der Waals surface area contributed by atoms with Gasteiger partial charge in [-0.1, -0.05) is 0 Å². The van der Waals surface area contributed by atoms with Crippen molar-refractivity contribution in [3.63, 3.8) is 0 Å². The minimum absolute atomic E-state index is 0.118. The fourth-order valence-corrected chi connectivity index (χ4v) is 4.53. The predicted octanol–water partition coefficient (Wildman–Crippen LogP) is 2.18. The zero-order chi connectivity index (χ0) is 19.1. The van der Waals surface area contributed by atoms with Crippen molar-refractivity contribution in [1.82, 2.24) is 20.5 Å². The van der Waals surface area contributed by atoms with E-state index in [1.165, 1.54) is 12.8 Å². The number of likely N-dealkylation sites (tertiary alicyclic amines) is 1. The molecule has 2 aliphatic heterocycles. The van der Waals surface area contributed by atoms with Crippen LogP contribution in [0.25, 0.3) is 0 Å². The molecular weight excluding hydrogens is 370 g/mol. The monoisotopic (exact) mass is 400 g/mol. The summed E-state index contributed by atoms with van der Waals surface area (Å²) in [7, 11) is 1.76. The van der Waals surface area contributed by atoms with Crippen LogP contribution in [0.2, 0.25) is 0 Å². The topological polar surface area (TPSA) is 55.8 Å². The quantitative estimate of drug-likeness (QED) is 0.543. The van der Waals surface area contributed by atoms with Crippen LogP contribution < -0.4 is 15.5 Å². The summed E-state index contributed by atoms with van der Waals surface area (Å²) in [6.07, 6.45) is 2.86. The van der Waals surface area contributed by atoms with Crippen LogP contribution in [-0.2, 0) is 6.42 Å². The van der Waals surface area contributed by atoms with Crippen molar-refractivity contribution in [3.05, 3.63) is 11.1 Å². The maximum Gasteiger partial charge on any atom is 0.251 e. The summed E-state index contributed by atoms with van der Waals surface area (Å²) in [4.78, 5) is 13.2. The average Bonchev–Trinajstić information content (AvgIpc) is 3.33. The van der Waals surface area contributed by atoms with Crippen LogP contribution in [0, 0.1) is 0 Å². The molecule has 2 N–H and O–H groups in total. The molecule has 1 aromatic rings. The van der Waals surface area contributed by atoms with Gasteiger partial charge in [0.15, 0.2) is 11.1 Å². The Balaban J connectivity index is 1.36. The normalized spacial score (nSPS) is 19.9. The number of hydrogen-bond acceptors (Lipinski definition) is 5. The molecule has 2 aliphatic rings. The number of hydrogen-bond donors (Lipinski definition) is 2. The summed E-state index contributed by atoms with van der Waals surface area (Å²) in [6, 6.07) is 0.283. The van der Waals surface area contributed by atoms with E-state index in [0.29, 0.717) is 13.1 Å². The first kappa shape index (κ1) is 20.3. The van der Waals surface area contributed by atoms with Crippen LogP contribution in [0.3, 0.4) is 0 Å². The molecule has 0 aromatic carbocycles. The Bertz CT molecular complexity index is 594. The van der Waals surface area contributed by atoms with Crippen LogP contribution in [0.1, 0.15) is 31.4 Å². The number of nitrogens with zero attached hydrogens (tertiary/aromatic N) is 4. The number of anilines is 1. The lowest BCUT2D eigenvalue weighted by molar-refractivity contribution is 0.0744. The van der Waals surface area contributed by atoms with Gasteiger partial charge in [-0.25, -0.2) is 13.8 Å². The highest BCUT2D eigenvalue weighted by atomic mass is 32.1. The van der Waals surface area contributed by atoms with Gasteiger partial charge in [-0.3, -0.25) is 9.89 Å². The molecule has 6 nitrogen and oxygen atoms in total. The lowest BCUT2D eigenvalue weighted by Gasteiger charge is -2.32. The third-order valence-electron chi connectivity index (χ3n) is 5.14. The van der Waals surface area contributed by atoms with Crippen molar-refractivity contribution in [2.24, 2.45) is 4.99 Å². The Morgan fingerprint density at radius 3 is 2.70 bits per heavy atom. The molecule has 0 atom stereocenters. The molecule has 3 heterocycles. The molecule has 2 fully saturated rings. The molecule has 0 bridgehead atoms. The maximum absolute atomic E-state index is 12.5. The molecule has 27 heavy (non-hydrogen) atoms. The fraction of sp³-hybridized carbons (Fsp3) is 0.778. The van der Waals surface area contributed by atoms with E-state index in [2.05, 4.69) is 25.9 Å². The molecule has 2 saturated heterocycles. The van der Waals surface area contributed by atoms with Crippen molar-refractivity contribution in [3.8, 4) is 0 Å². The lowest BCUT2D eigenvalue weighted by atomic mass is 10.1. The van der Waals surface area contributed by atoms with Crippen molar-refractivity contribution < 1.29 is 8.78 Å². The second-order valence-electron chi connectivity index (χ2n) is 7.17. The molecule has 0 saturated carbocycles. The predicted molar refractivity (Wildman–Crippen MR) is 107 cm³/mol. The summed E-state index contributed by atoms with van der Waals surface area (Å²) in [5, 5.41) is 10.0. The summed E-state index contributed by atoms with van der Waals surface area (Å²) in [5.74, 6) is 0.775. The Labute approximate surface area is 164 Å². The van der Waals surface area contributed by atoms with E-state index in [1.54, 1.807) is 18.4 Å². The Kier molecular flexibility index (Phi) is 7.63. The molecular formula is C18H30F2N6S. The molecule has 0 radical (unpaired) electrons. The molecule has 0 spiro atoms. The van der Waals surface area contributed by atoms with E-state index in [4.69, 9.17) is 4.98 Å². The molecule has 3 rings (SSSR count). The van der Waals surface area contributed by atoms with Gasteiger partial charge in [0, 0.05) is 57.6 Å². The van der Waals surface area contributed by atoms with Gasteiger partial charge in [0.25, 0.3) is 6.43 Å². The van der Waals surface area contributed by atoms with Crippen LogP contribution in [0.15, 0.2) is 10.4 Å². The molecule has 0 unspecified atom stereocenters. The Morgan fingerprint density at radius 2 is 2.04 bits per heavy atom. The lowest BCUT2D eigenvalue weighted by Crippen LogP contribution is -2.49. The zero-order valence-electron chi connectivity index (χ0n) is 16.0. The van der Waals surface area contributed by atoms with E-state index >= 15 is 0 Å². The fourth-order valence-electron chi connectivity index (χ4n) is 3.62. The maximum atomic E-state index is 12.5. The smallest absolute Gasteiger partial charge is 0.251 e. The average molecular weight is 401 g/mol. The number of alkyl halides is 2. The zero-order valence-corrected chi connectivity index (χ0v) is 16.8. The number of guanidine groups is 1. The van der Waals surface area contributed by atoms with Gasteiger partial charge in [0.05, 0.1) is 12.2 Å². The second kappa shape index (κ2) is 10.2. The van der Waals surface area contributed by atoms with Gasteiger partial charge in [0.2, 0.25) is 0 Å². The van der Waals surface area contributed by atoms with E-state index in [9.17, 15) is 8.78 Å². The van der Waals surface area contributed by atoms with E-state index < -0.39 is 6.43 Å². The number of rotatable bonds is 7. The van der Waals surface area contributed by atoms with E-state index in [1.807, 2.05) is 4.90 Å². The molecule has 152 valence electrons. The molecule has 1 aromatic heterocycles. The van der Waals surface area contributed by atoms with Crippen molar-refractivity contribution >= 4 is 22.4 Å². The number of aromatic nitrogens is 1. The van der Waals surface area contributed by atoms with Gasteiger partial charge < -0.3 is 15.5 Å². The SMILES string of the molecule is CN=C(NCCc1csc(N2CCCC2)n1)NC1CCN(CC(F)F)CC1. The number of aliphatic imine (C=N–C) groups is 1. The highest BCUT2D eigenvalue weighted by Crippen LogP contribution is 2.24. The van der Waals surface area contributed by atoms with Crippen molar-refractivity contribution in [2.45, 2.75) is 44.6 Å². The van der Waals surface area contributed by atoms with Crippen molar-refractivity contribution in [2.75, 3.05) is 51.2 Å². The number of nitrogens with one attached hydrogen (secondary N) is 2. The standard InChI is InChI=1S/C18H30F2N6S/c1-21-17(23-14-5-10-25(11-6-14)12-16(19)20)22-7-4-15-13-27-18(24-15)26-8-2-3-9-26/h13-14,16H,2-12H2,1H3,(H2,21,22,23). The Hall–Kier alpha value is -1.48. The minimum Gasteiger partial charge on any atom is -0.356 e. The summed E-state index contributed by atoms with van der Waals surface area (Å²) >= 11 is 1.73. The van der Waals surface area contributed by atoms with E-state index in [-0.39, 0.29) is 12.6 Å². The highest BCUT2D eigenvalue weighted by molar-refractivity contribution is 7.13. The largest absolute Gasteiger partial charge is 0.356 e. The van der Waals surface area contributed by atoms with Crippen LogP contribution in [0.5, 0.6) is 0 Å². The van der Waals surface area contributed by atoms with E-state index in [0.717, 1.165) is 55.7 Å². The van der Waals surface area contributed by atoms with Crippen molar-refractivity contribution in [1.29, 1.82) is 0 Å². The third-order valence-corrected chi connectivity index (χ3v) is 6.09. The van der Waals surface area contributed by atoms with Gasteiger partial charge in [0.1, 0.15) is 0 Å². The Morgan fingerprint density at radius 1 is 1.30 bits per heavy atom. The number of thiazole rings is 1. The van der Waals surface area contributed by atoms with Crippen LogP contribution >= 0.6 is 11.3 Å². The highest BCUT2D eigenvalue weighted by Gasteiger charge is 2.22. The number of piperidine rings is 1. The van der Waals surface area contributed by atoms with Crippen LogP contribution in [-0.4, -0.2) is 74.6 Å². The number of halogens is 2. The second-order valence-corrected chi connectivity index (χ2v) is 8.01. The minimum atomic E-state index is -2.25. The molecule has 0 aliphatic carbocycles. The first-order valence-corrected chi connectivity index (χ1v) is 10.7. The van der Waals surface area contributed by atoms with Gasteiger partial charge in [-0.15, -0.1) is 11.3 Å². The molecule has 9 heteroatoms. The first-order chi connectivity index (χ1) is 13.1.